The molecule has 13 rings (SSSR count). The predicted molar refractivity (Wildman–Crippen MR) is 347 cm³/mol. The monoisotopic (exact) mass is 1340 g/mol. The Labute approximate surface area is 556 Å². The van der Waals surface area contributed by atoms with E-state index >= 15 is 0 Å². The van der Waals surface area contributed by atoms with Crippen molar-refractivity contribution < 1.29 is 110 Å². The highest BCUT2D eigenvalue weighted by Crippen LogP contribution is 2.57. The molecule has 6 aliphatic rings. The molecule has 4 aliphatic heterocycles. The number of fused-ring (bicyclic) bond motifs is 10. The number of esters is 3. The van der Waals surface area contributed by atoms with E-state index in [1.165, 1.54) is 86.6 Å². The summed E-state index contributed by atoms with van der Waals surface area (Å²) >= 11 is 0. The van der Waals surface area contributed by atoms with E-state index in [1.807, 2.05) is 12.1 Å². The number of benzene rings is 9. The molecule has 4 heterocycles. The van der Waals surface area contributed by atoms with E-state index in [1.54, 1.807) is 84.9 Å². The van der Waals surface area contributed by atoms with Crippen LogP contribution in [0.25, 0.3) is 66.8 Å². The zero-order chi connectivity index (χ0) is 70.2. The first-order valence-electron chi connectivity index (χ1n) is 29.3. The SMILES string of the molecule is CC(=O)Oc1ccc2c(c1)Oc1cc(OC(C)=O)ccc1C21OC(=O)c2ccccc21.O=C(O)c1ccccc1-c1c2ccc(=O)cc-2oc2cc(O)ccc12.O=COCN(COC=O)c1c2oc3c(N(COC=O)COC=O)c(O)ccc3c(-c3ccccc3C(=O)O)c-2ccc1=O. The molecule has 498 valence electrons. The molecule has 0 saturated heterocycles. The van der Waals surface area contributed by atoms with Gasteiger partial charge in [0.1, 0.15) is 57.2 Å². The van der Waals surface area contributed by atoms with Crippen LogP contribution in [-0.4, -0.2) is 103 Å². The standard InChI is InChI=1S/C28H22N2O13.C24H16O7.C20H12O5/c31-13-39-9-29(10-40-14-32)24-21(35)7-5-19-23(17-3-1-2-4-18(17)28(37)38)20-6-8-22(36)25(27(20)43-26(19)24)30(11-41-15-33)12-42-16-34;1-13(25)28-15-7-9-19-21(11-15)30-22-12-16(29-14(2)26)8-10-20(22)24(19)18-6-4-3-5-17(18)23(27)31-24;21-11-5-7-15-17(9-11)25-18-10-12(22)6-8-16(18)19(15)13-3-1-2-4-14(13)20(23)24/h1-8,13-16,35H,9-12H2,(H,37,38);3-12H,1-2H3;1-10,21H,(H,23,24). The molecule has 27 heteroatoms. The number of carbonyl (C=O) groups excluding carboxylic acids is 7. The molecule has 27 nitrogen and oxygen atoms in total. The number of aromatic hydroxyl groups is 2. The van der Waals surface area contributed by atoms with E-state index in [9.17, 15) is 73.2 Å². The van der Waals surface area contributed by atoms with Crippen molar-refractivity contribution >= 4 is 89.0 Å². The minimum Gasteiger partial charge on any atom is -0.508 e. The van der Waals surface area contributed by atoms with Gasteiger partial charge in [-0.2, -0.15) is 0 Å². The topological polar surface area (TPSA) is 375 Å². The Morgan fingerprint density at radius 3 is 1.55 bits per heavy atom. The summed E-state index contributed by atoms with van der Waals surface area (Å²) in [5.41, 5.74) is 2.50. The maximum atomic E-state index is 13.3. The van der Waals surface area contributed by atoms with Crippen molar-refractivity contribution in [2.75, 3.05) is 36.7 Å². The minimum absolute atomic E-state index is 0.0198. The molecule has 0 bridgehead atoms. The summed E-state index contributed by atoms with van der Waals surface area (Å²) in [5, 5.41) is 41.1. The van der Waals surface area contributed by atoms with Gasteiger partial charge in [0.15, 0.2) is 49.3 Å². The van der Waals surface area contributed by atoms with Crippen LogP contribution in [0.1, 0.15) is 61.6 Å². The Hall–Kier alpha value is -13.9. The molecule has 99 heavy (non-hydrogen) atoms. The van der Waals surface area contributed by atoms with E-state index in [0.717, 1.165) is 9.80 Å². The number of hydrogen-bond donors (Lipinski definition) is 4. The van der Waals surface area contributed by atoms with Gasteiger partial charge >= 0.3 is 29.8 Å². The van der Waals surface area contributed by atoms with Crippen molar-refractivity contribution in [3.63, 3.8) is 0 Å². The molecule has 0 aromatic heterocycles. The second-order valence-corrected chi connectivity index (χ2v) is 21.5. The van der Waals surface area contributed by atoms with Gasteiger partial charge in [-0.3, -0.25) is 48.2 Å². The van der Waals surface area contributed by atoms with Gasteiger partial charge < -0.3 is 67.2 Å². The molecule has 0 unspecified atom stereocenters. The summed E-state index contributed by atoms with van der Waals surface area (Å²) in [4.78, 5) is 131. The Bertz CT molecular complexity index is 5040. The summed E-state index contributed by atoms with van der Waals surface area (Å²) in [7, 11) is 0. The number of phenolic OH excluding ortho intramolecular Hbond substituents is 2. The maximum absolute atomic E-state index is 13.3. The van der Waals surface area contributed by atoms with E-state index in [-0.39, 0.29) is 93.0 Å². The Balaban J connectivity index is 0.000000156. The lowest BCUT2D eigenvalue weighted by molar-refractivity contribution is -0.132. The zero-order valence-electron chi connectivity index (χ0n) is 51.6. The van der Waals surface area contributed by atoms with E-state index in [2.05, 4.69) is 0 Å². The number of carbonyl (C=O) groups is 9. The predicted octanol–water partition coefficient (Wildman–Crippen LogP) is 10.2. The van der Waals surface area contributed by atoms with Gasteiger partial charge in [-0.1, -0.05) is 54.6 Å². The number of hydrogen-bond acceptors (Lipinski definition) is 25. The number of carboxylic acid groups (broad SMARTS) is 2. The molecule has 7 aromatic rings. The van der Waals surface area contributed by atoms with Gasteiger partial charge in [0, 0.05) is 87.8 Å². The fourth-order valence-corrected chi connectivity index (χ4v) is 11.7. The zero-order valence-corrected chi connectivity index (χ0v) is 51.6. The number of anilines is 2. The first-order chi connectivity index (χ1) is 47.8. The van der Waals surface area contributed by atoms with Gasteiger partial charge in [-0.25, -0.2) is 14.4 Å². The van der Waals surface area contributed by atoms with Gasteiger partial charge in [0.2, 0.25) is 5.43 Å². The van der Waals surface area contributed by atoms with Crippen molar-refractivity contribution in [1.82, 2.24) is 0 Å². The highest BCUT2D eigenvalue weighted by molar-refractivity contribution is 6.12. The first kappa shape index (κ1) is 66.6. The Morgan fingerprint density at radius 1 is 0.495 bits per heavy atom. The molecule has 0 saturated carbocycles. The van der Waals surface area contributed by atoms with Gasteiger partial charge in [0.05, 0.1) is 16.7 Å². The lowest BCUT2D eigenvalue weighted by Gasteiger charge is -2.36. The molecule has 7 aromatic carbocycles. The van der Waals surface area contributed by atoms with Gasteiger partial charge in [0.25, 0.3) is 25.9 Å². The van der Waals surface area contributed by atoms with Gasteiger partial charge in [-0.05, 0) is 102 Å². The number of ether oxygens (including phenoxy) is 8. The van der Waals surface area contributed by atoms with E-state index in [4.69, 9.17) is 46.7 Å². The second-order valence-electron chi connectivity index (χ2n) is 21.5. The molecule has 0 fully saturated rings. The Kier molecular flexibility index (Phi) is 19.1. The molecule has 2 aliphatic carbocycles. The lowest BCUT2D eigenvalue weighted by atomic mass is 9.77. The molecular formula is C72H50N2O25. The maximum Gasteiger partial charge on any atom is 0.340 e. The molecule has 1 spiro atoms. The molecular weight excluding hydrogens is 1290 g/mol. The van der Waals surface area contributed by atoms with Crippen molar-refractivity contribution in [3.05, 3.63) is 224 Å². The second kappa shape index (κ2) is 28.4. The third-order valence-corrected chi connectivity index (χ3v) is 15.5. The minimum atomic E-state index is -1.27. The number of rotatable bonds is 20. The number of phenols is 2. The largest absolute Gasteiger partial charge is 0.508 e. The van der Waals surface area contributed by atoms with Crippen molar-refractivity contribution in [1.29, 1.82) is 0 Å². The number of nitrogens with zero attached hydrogens (tertiary/aromatic N) is 2. The van der Waals surface area contributed by atoms with Crippen molar-refractivity contribution in [3.8, 4) is 79.4 Å². The van der Waals surface area contributed by atoms with Gasteiger partial charge in [-0.15, -0.1) is 0 Å². The summed E-state index contributed by atoms with van der Waals surface area (Å²) in [6.07, 6.45) is 0. The fourth-order valence-electron chi connectivity index (χ4n) is 11.7. The van der Waals surface area contributed by atoms with Crippen LogP contribution in [0.4, 0.5) is 11.4 Å². The van der Waals surface area contributed by atoms with Crippen molar-refractivity contribution in [2.24, 2.45) is 0 Å². The molecule has 0 atom stereocenters. The molecule has 4 N–H and O–H groups in total. The van der Waals surface area contributed by atoms with Crippen LogP contribution in [0.3, 0.4) is 0 Å². The Morgan fingerprint density at radius 2 is 1.00 bits per heavy atom. The van der Waals surface area contributed by atoms with Crippen LogP contribution in [0.2, 0.25) is 0 Å². The van der Waals surface area contributed by atoms with Crippen LogP contribution in [0.15, 0.2) is 188 Å². The number of carboxylic acids is 2. The summed E-state index contributed by atoms with van der Waals surface area (Å²) in [5.74, 6) is -2.67. The first-order valence-corrected chi connectivity index (χ1v) is 29.3. The molecule has 0 radical (unpaired) electrons. The van der Waals surface area contributed by atoms with Crippen LogP contribution < -0.4 is 34.9 Å². The third kappa shape index (κ3) is 13.1. The summed E-state index contributed by atoms with van der Waals surface area (Å²) < 4.78 is 53.8. The number of aromatic carboxylic acids is 2. The average Bonchev–Trinajstić information content (AvgIpc) is 1.17. The van der Waals surface area contributed by atoms with Crippen molar-refractivity contribution in [2.45, 2.75) is 19.4 Å². The van der Waals surface area contributed by atoms with Crippen LogP contribution in [0, 0.1) is 0 Å². The smallest absolute Gasteiger partial charge is 0.340 e. The van der Waals surface area contributed by atoms with E-state index < -0.39 is 73.5 Å². The fraction of sp³-hybridized carbons (Fsp3) is 0.0972. The quantitative estimate of drug-likeness (QED) is 0.0138. The summed E-state index contributed by atoms with van der Waals surface area (Å²) in [6, 6.07) is 43.9. The average molecular weight is 1340 g/mol. The van der Waals surface area contributed by atoms with E-state index in [0.29, 0.717) is 78.7 Å². The third-order valence-electron chi connectivity index (χ3n) is 15.5. The normalized spacial score (nSPS) is 11.9. The lowest BCUT2D eigenvalue weighted by Crippen LogP contribution is -2.33. The van der Waals surface area contributed by atoms with Crippen LogP contribution in [-0.2, 0) is 58.1 Å². The molecule has 0 amide bonds. The van der Waals surface area contributed by atoms with Crippen LogP contribution in [0.5, 0.6) is 34.5 Å². The summed E-state index contributed by atoms with van der Waals surface area (Å²) in [6.45, 7) is 0.901. The van der Waals surface area contributed by atoms with Crippen LogP contribution >= 0.6 is 0 Å². The highest BCUT2D eigenvalue weighted by Gasteiger charge is 2.53. The highest BCUT2D eigenvalue weighted by atomic mass is 16.6.